The van der Waals surface area contributed by atoms with E-state index in [1.54, 1.807) is 48.5 Å². The van der Waals surface area contributed by atoms with Crippen LogP contribution in [0.25, 0.3) is 5.57 Å². The first-order chi connectivity index (χ1) is 14.5. The Morgan fingerprint density at radius 1 is 0.833 bits per heavy atom. The molecule has 0 aromatic heterocycles. The van der Waals surface area contributed by atoms with Crippen LogP contribution in [-0.4, -0.2) is 23.6 Å². The number of benzene rings is 3. The van der Waals surface area contributed by atoms with Crippen LogP contribution in [0.3, 0.4) is 0 Å². The van der Waals surface area contributed by atoms with Gasteiger partial charge in [0.25, 0.3) is 5.91 Å². The lowest BCUT2D eigenvalue weighted by atomic mass is 9.81. The molecule has 1 atom stereocenters. The van der Waals surface area contributed by atoms with Crippen molar-refractivity contribution in [2.75, 3.05) is 10.6 Å². The Labute approximate surface area is 172 Å². The normalized spacial score (nSPS) is 16.3. The zero-order chi connectivity index (χ0) is 20.8. The van der Waals surface area contributed by atoms with Crippen molar-refractivity contribution >= 4 is 34.5 Å². The van der Waals surface area contributed by atoms with E-state index in [2.05, 4.69) is 15.6 Å². The molecule has 0 fully saturated rings. The predicted molar refractivity (Wildman–Crippen MR) is 113 cm³/mol. The predicted octanol–water partition coefficient (Wildman–Crippen LogP) is 2.03. The van der Waals surface area contributed by atoms with Gasteiger partial charge in [-0.3, -0.25) is 14.4 Å². The highest BCUT2D eigenvalue weighted by Crippen LogP contribution is 2.29. The van der Waals surface area contributed by atoms with Gasteiger partial charge in [-0.15, -0.1) is 0 Å². The summed E-state index contributed by atoms with van der Waals surface area (Å²) in [4.78, 5) is 41.5. The van der Waals surface area contributed by atoms with Crippen molar-refractivity contribution in [2.45, 2.75) is 13.0 Å². The van der Waals surface area contributed by atoms with Crippen LogP contribution < -0.4 is 21.2 Å². The van der Waals surface area contributed by atoms with Crippen LogP contribution in [0.15, 0.2) is 71.7 Å². The molecule has 3 aromatic rings. The summed E-state index contributed by atoms with van der Waals surface area (Å²) in [5.41, 5.74) is 4.03. The van der Waals surface area contributed by atoms with Gasteiger partial charge in [0.05, 0.1) is 5.36 Å². The molecule has 0 spiro atoms. The number of carbonyl (C=O) groups is 3. The number of hydrogen-bond donors (Lipinski definition) is 2. The van der Waals surface area contributed by atoms with Gasteiger partial charge in [-0.05, 0) is 35.9 Å². The molecule has 1 unspecified atom stereocenters. The Morgan fingerprint density at radius 3 is 2.23 bits per heavy atom. The van der Waals surface area contributed by atoms with Gasteiger partial charge in [0.15, 0.2) is 5.78 Å². The lowest BCUT2D eigenvalue weighted by Gasteiger charge is -2.28. The summed E-state index contributed by atoms with van der Waals surface area (Å²) in [5.74, 6) is -0.529. The molecular formula is C24H17N3O3. The number of carbonyl (C=O) groups excluding carboxylic acids is 3. The highest BCUT2D eigenvalue weighted by Gasteiger charge is 2.34. The van der Waals surface area contributed by atoms with E-state index in [4.69, 9.17) is 0 Å². The van der Waals surface area contributed by atoms with E-state index in [1.165, 1.54) is 6.92 Å². The number of nitrogens with one attached hydrogen (secondary N) is 2. The molecular weight excluding hydrogens is 378 g/mol. The summed E-state index contributed by atoms with van der Waals surface area (Å²) < 4.78 is 0. The molecule has 0 saturated carbocycles. The summed E-state index contributed by atoms with van der Waals surface area (Å²) in [6, 6.07) is 19.0. The lowest BCUT2D eigenvalue weighted by Crippen LogP contribution is -2.48. The average Bonchev–Trinajstić information content (AvgIpc) is 2.74. The van der Waals surface area contributed by atoms with E-state index in [1.807, 2.05) is 18.2 Å². The number of anilines is 2. The van der Waals surface area contributed by atoms with Gasteiger partial charge >= 0.3 is 0 Å². The van der Waals surface area contributed by atoms with Gasteiger partial charge in [0.1, 0.15) is 6.04 Å². The van der Waals surface area contributed by atoms with Crippen LogP contribution in [0.2, 0.25) is 0 Å². The van der Waals surface area contributed by atoms with Crippen LogP contribution in [-0.2, 0) is 9.59 Å². The quantitative estimate of drug-likeness (QED) is 0.710. The molecule has 146 valence electrons. The Kier molecular flexibility index (Phi) is 4.06. The molecule has 0 radical (unpaired) electrons. The minimum Gasteiger partial charge on any atom is -0.370 e. The molecule has 1 aliphatic heterocycles. The van der Waals surface area contributed by atoms with Crippen molar-refractivity contribution in [2.24, 2.45) is 4.99 Å². The smallest absolute Gasteiger partial charge is 0.273 e. The monoisotopic (exact) mass is 395 g/mol. The Bertz CT molecular complexity index is 1360. The average molecular weight is 395 g/mol. The molecule has 6 nitrogen and oxygen atoms in total. The van der Waals surface area contributed by atoms with Crippen molar-refractivity contribution < 1.29 is 14.4 Å². The van der Waals surface area contributed by atoms with Crippen LogP contribution >= 0.6 is 0 Å². The second-order valence-corrected chi connectivity index (χ2v) is 7.27. The third-order valence-corrected chi connectivity index (χ3v) is 5.30. The number of hydrogen-bond acceptors (Lipinski definition) is 4. The molecule has 5 rings (SSSR count). The molecule has 1 heterocycles. The first kappa shape index (κ1) is 18.0. The second kappa shape index (κ2) is 6.77. The van der Waals surface area contributed by atoms with Crippen molar-refractivity contribution in [1.29, 1.82) is 0 Å². The van der Waals surface area contributed by atoms with Gasteiger partial charge in [0.2, 0.25) is 5.91 Å². The van der Waals surface area contributed by atoms with E-state index in [0.717, 1.165) is 11.1 Å². The summed E-state index contributed by atoms with van der Waals surface area (Å²) in [5, 5.41) is 7.22. The van der Waals surface area contributed by atoms with E-state index in [0.29, 0.717) is 33.1 Å². The Hall–Kier alpha value is -4.06. The number of nitrogens with zero attached hydrogens (tertiary/aromatic N) is 1. The van der Waals surface area contributed by atoms with Crippen LogP contribution in [0.4, 0.5) is 11.4 Å². The largest absolute Gasteiger partial charge is 0.370 e. The van der Waals surface area contributed by atoms with Crippen LogP contribution in [0.5, 0.6) is 0 Å². The molecule has 30 heavy (non-hydrogen) atoms. The molecule has 3 aromatic carbocycles. The fraction of sp³-hybridized carbons (Fsp3) is 0.0833. The molecule has 2 aliphatic rings. The zero-order valence-electron chi connectivity index (χ0n) is 16.1. The van der Waals surface area contributed by atoms with Gasteiger partial charge in [-0.2, -0.15) is 0 Å². The van der Waals surface area contributed by atoms with Crippen molar-refractivity contribution in [3.05, 3.63) is 94.0 Å². The molecule has 2 amide bonds. The minimum absolute atomic E-state index is 0.0610. The third-order valence-electron chi connectivity index (χ3n) is 5.30. The van der Waals surface area contributed by atoms with Crippen molar-refractivity contribution in [3.63, 3.8) is 0 Å². The van der Waals surface area contributed by atoms with Gasteiger partial charge in [-0.1, -0.05) is 36.4 Å². The van der Waals surface area contributed by atoms with Crippen LogP contribution in [0, 0.1) is 0 Å². The highest BCUT2D eigenvalue weighted by atomic mass is 16.2. The van der Waals surface area contributed by atoms with Gasteiger partial charge in [0, 0.05) is 40.2 Å². The lowest BCUT2D eigenvalue weighted by molar-refractivity contribution is -0.118. The second-order valence-electron chi connectivity index (χ2n) is 7.27. The SMILES string of the molecule is CC(=O)Nc1ccc(NC2C(=O)N=c3cccc4c3=C2c2ccccc2C4=O)cc1. The summed E-state index contributed by atoms with van der Waals surface area (Å²) in [6.45, 7) is 1.45. The van der Waals surface area contributed by atoms with E-state index in [-0.39, 0.29) is 17.6 Å². The minimum atomic E-state index is -0.723. The van der Waals surface area contributed by atoms with E-state index in [9.17, 15) is 14.4 Å². The molecule has 2 N–H and O–H groups in total. The summed E-state index contributed by atoms with van der Waals surface area (Å²) in [6.07, 6.45) is 0. The van der Waals surface area contributed by atoms with E-state index < -0.39 is 6.04 Å². The highest BCUT2D eigenvalue weighted by molar-refractivity contribution is 6.17. The van der Waals surface area contributed by atoms with Gasteiger partial charge < -0.3 is 10.6 Å². The molecule has 0 bridgehead atoms. The number of ketones is 1. The number of amides is 2. The van der Waals surface area contributed by atoms with Crippen LogP contribution in [0.1, 0.15) is 28.4 Å². The summed E-state index contributed by atoms with van der Waals surface area (Å²) >= 11 is 0. The standard InChI is InChI=1S/C24H17N3O3/c1-13(28)25-14-9-11-15(12-10-14)26-22-21-16-5-2-3-6-17(16)23(29)18-7-4-8-19(20(18)21)27-24(22)30/h2-12,22,26H,1H3,(H,25,28). The first-order valence-electron chi connectivity index (χ1n) is 9.57. The summed E-state index contributed by atoms with van der Waals surface area (Å²) in [7, 11) is 0. The maximum atomic E-state index is 13.0. The van der Waals surface area contributed by atoms with Crippen molar-refractivity contribution in [1.82, 2.24) is 0 Å². The topological polar surface area (TPSA) is 87.6 Å². The van der Waals surface area contributed by atoms with Crippen molar-refractivity contribution in [3.8, 4) is 0 Å². The fourth-order valence-corrected chi connectivity index (χ4v) is 4.06. The maximum Gasteiger partial charge on any atom is 0.273 e. The molecule has 1 aliphatic carbocycles. The Balaban J connectivity index is 1.65. The number of fused-ring (bicyclic) bond motifs is 2. The fourth-order valence-electron chi connectivity index (χ4n) is 4.06. The maximum absolute atomic E-state index is 13.0. The Morgan fingerprint density at radius 2 is 1.50 bits per heavy atom. The molecule has 0 saturated heterocycles. The third kappa shape index (κ3) is 2.81. The number of rotatable bonds is 3. The van der Waals surface area contributed by atoms with E-state index >= 15 is 0 Å². The van der Waals surface area contributed by atoms with Gasteiger partial charge in [-0.25, -0.2) is 4.99 Å². The zero-order valence-corrected chi connectivity index (χ0v) is 16.1. The first-order valence-corrected chi connectivity index (χ1v) is 9.57. The molecule has 6 heteroatoms.